The van der Waals surface area contributed by atoms with E-state index in [1.165, 1.54) is 0 Å². The lowest BCUT2D eigenvalue weighted by atomic mass is 10.2. The quantitative estimate of drug-likeness (QED) is 0.452. The molecule has 0 bridgehead atoms. The van der Waals surface area contributed by atoms with Gasteiger partial charge in [-0.1, -0.05) is 5.16 Å². The molecule has 0 radical (unpaired) electrons. The normalized spacial score (nSPS) is 13.5. The van der Waals surface area contributed by atoms with E-state index in [2.05, 4.69) is 15.0 Å². The highest BCUT2D eigenvalue weighted by Gasteiger charge is 1.94. The molecular weight excluding hydrogens is 140 g/mol. The molecule has 0 saturated carbocycles. The van der Waals surface area contributed by atoms with E-state index < -0.39 is 0 Å². The third-order valence-corrected chi connectivity index (χ3v) is 1.48. The Kier molecular flexibility index (Phi) is 5.43. The minimum Gasteiger partial charge on any atom is -0.399 e. The molecule has 0 aliphatic rings. The summed E-state index contributed by atoms with van der Waals surface area (Å²) in [5, 5.41) is 3.79. The third-order valence-electron chi connectivity index (χ3n) is 1.48. The standard InChI is InChI=1S/C8H16N2O/c1-7(9-3)5-6-8(2)10-11-4/h5-6H2,1-4H3/b9-7?,10-8+. The fraction of sp³-hybridized carbons (Fsp3) is 0.750. The predicted molar refractivity (Wildman–Crippen MR) is 48.4 cm³/mol. The summed E-state index contributed by atoms with van der Waals surface area (Å²) in [4.78, 5) is 8.66. The molecule has 3 heteroatoms. The SMILES string of the molecule is CN=C(C)CC/C(C)=N/OC. The molecule has 0 spiro atoms. The van der Waals surface area contributed by atoms with E-state index in [1.54, 1.807) is 14.2 Å². The lowest BCUT2D eigenvalue weighted by molar-refractivity contribution is 0.212. The Hall–Kier alpha value is -0.860. The van der Waals surface area contributed by atoms with Crippen LogP contribution in [0.2, 0.25) is 0 Å². The van der Waals surface area contributed by atoms with Gasteiger partial charge in [-0.05, 0) is 26.7 Å². The second kappa shape index (κ2) is 5.89. The number of aliphatic imine (C=N–C) groups is 1. The zero-order chi connectivity index (χ0) is 8.69. The van der Waals surface area contributed by atoms with Gasteiger partial charge in [-0.25, -0.2) is 0 Å². The maximum Gasteiger partial charge on any atom is 0.106 e. The fourth-order valence-corrected chi connectivity index (χ4v) is 0.675. The fourth-order valence-electron chi connectivity index (χ4n) is 0.675. The zero-order valence-corrected chi connectivity index (χ0v) is 7.72. The predicted octanol–water partition coefficient (Wildman–Crippen LogP) is 1.88. The van der Waals surface area contributed by atoms with Gasteiger partial charge in [-0.3, -0.25) is 4.99 Å². The van der Waals surface area contributed by atoms with E-state index in [-0.39, 0.29) is 0 Å². The molecular formula is C8H16N2O. The maximum atomic E-state index is 4.62. The zero-order valence-electron chi connectivity index (χ0n) is 7.72. The molecule has 11 heavy (non-hydrogen) atoms. The van der Waals surface area contributed by atoms with Crippen LogP contribution in [0, 0.1) is 0 Å². The van der Waals surface area contributed by atoms with Crippen molar-refractivity contribution < 1.29 is 4.84 Å². The van der Waals surface area contributed by atoms with Crippen LogP contribution in [-0.2, 0) is 4.84 Å². The summed E-state index contributed by atoms with van der Waals surface area (Å²) in [5.41, 5.74) is 2.16. The second-order valence-electron chi connectivity index (χ2n) is 2.47. The van der Waals surface area contributed by atoms with Gasteiger partial charge in [-0.2, -0.15) is 0 Å². The molecule has 0 aliphatic heterocycles. The molecule has 0 amide bonds. The maximum absolute atomic E-state index is 4.62. The van der Waals surface area contributed by atoms with Crippen LogP contribution in [0.25, 0.3) is 0 Å². The highest BCUT2D eigenvalue weighted by atomic mass is 16.6. The summed E-state index contributed by atoms with van der Waals surface area (Å²) in [6, 6.07) is 0. The van der Waals surface area contributed by atoms with Crippen molar-refractivity contribution in [3.05, 3.63) is 0 Å². The molecule has 0 fully saturated rings. The topological polar surface area (TPSA) is 34.0 Å². The Morgan fingerprint density at radius 1 is 1.18 bits per heavy atom. The molecule has 0 unspecified atom stereocenters. The van der Waals surface area contributed by atoms with Gasteiger partial charge in [0, 0.05) is 12.8 Å². The summed E-state index contributed by atoms with van der Waals surface area (Å²) in [6.07, 6.45) is 1.90. The van der Waals surface area contributed by atoms with Crippen molar-refractivity contribution in [2.45, 2.75) is 26.7 Å². The molecule has 0 saturated heterocycles. The highest BCUT2D eigenvalue weighted by molar-refractivity contribution is 5.88. The van der Waals surface area contributed by atoms with Gasteiger partial charge in [-0.15, -0.1) is 0 Å². The summed E-state index contributed by atoms with van der Waals surface area (Å²) in [6.45, 7) is 3.96. The summed E-state index contributed by atoms with van der Waals surface area (Å²) in [5.74, 6) is 0. The van der Waals surface area contributed by atoms with Gasteiger partial charge >= 0.3 is 0 Å². The minimum atomic E-state index is 0.928. The van der Waals surface area contributed by atoms with Gasteiger partial charge in [0.1, 0.15) is 7.11 Å². The van der Waals surface area contributed by atoms with E-state index in [9.17, 15) is 0 Å². The van der Waals surface area contributed by atoms with Crippen molar-refractivity contribution in [3.63, 3.8) is 0 Å². The Labute approximate surface area is 68.2 Å². The summed E-state index contributed by atoms with van der Waals surface area (Å²) < 4.78 is 0. The van der Waals surface area contributed by atoms with Crippen LogP contribution in [0.4, 0.5) is 0 Å². The molecule has 0 aromatic carbocycles. The minimum absolute atomic E-state index is 0.928. The monoisotopic (exact) mass is 156 g/mol. The molecule has 0 aromatic heterocycles. The van der Waals surface area contributed by atoms with Gasteiger partial charge in [0.2, 0.25) is 0 Å². The van der Waals surface area contributed by atoms with Crippen LogP contribution in [0.15, 0.2) is 10.1 Å². The van der Waals surface area contributed by atoms with Gasteiger partial charge in [0.05, 0.1) is 5.71 Å². The average Bonchev–Trinajstić information content (AvgIpc) is 2.01. The molecule has 0 aromatic rings. The van der Waals surface area contributed by atoms with Crippen molar-refractivity contribution in [1.82, 2.24) is 0 Å². The molecule has 0 N–H and O–H groups in total. The van der Waals surface area contributed by atoms with Crippen LogP contribution in [0.3, 0.4) is 0 Å². The summed E-state index contributed by atoms with van der Waals surface area (Å²) >= 11 is 0. The van der Waals surface area contributed by atoms with Gasteiger partial charge in [0.15, 0.2) is 0 Å². The van der Waals surface area contributed by atoms with E-state index >= 15 is 0 Å². The molecule has 0 aliphatic carbocycles. The number of rotatable bonds is 4. The third kappa shape index (κ3) is 5.58. The van der Waals surface area contributed by atoms with Gasteiger partial charge in [0.25, 0.3) is 0 Å². The first-order valence-corrected chi connectivity index (χ1v) is 3.69. The average molecular weight is 156 g/mol. The van der Waals surface area contributed by atoms with Crippen molar-refractivity contribution >= 4 is 11.4 Å². The first-order valence-electron chi connectivity index (χ1n) is 3.69. The number of nitrogens with zero attached hydrogens (tertiary/aromatic N) is 2. The largest absolute Gasteiger partial charge is 0.399 e. The van der Waals surface area contributed by atoms with E-state index in [4.69, 9.17) is 0 Å². The summed E-state index contributed by atoms with van der Waals surface area (Å²) in [7, 11) is 3.36. The van der Waals surface area contributed by atoms with Crippen molar-refractivity contribution in [2.24, 2.45) is 10.1 Å². The smallest absolute Gasteiger partial charge is 0.106 e. The first-order chi connectivity index (χ1) is 5.20. The van der Waals surface area contributed by atoms with E-state index in [0.29, 0.717) is 0 Å². The highest BCUT2D eigenvalue weighted by Crippen LogP contribution is 1.95. The first kappa shape index (κ1) is 10.1. The number of oxime groups is 1. The molecule has 0 heterocycles. The van der Waals surface area contributed by atoms with Crippen molar-refractivity contribution in [3.8, 4) is 0 Å². The lowest BCUT2D eigenvalue weighted by Crippen LogP contribution is -1.98. The Morgan fingerprint density at radius 2 is 1.73 bits per heavy atom. The second-order valence-corrected chi connectivity index (χ2v) is 2.47. The Bertz CT molecular complexity index is 161. The van der Waals surface area contributed by atoms with Crippen LogP contribution in [0.5, 0.6) is 0 Å². The molecule has 0 rings (SSSR count). The Balaban J connectivity index is 3.62. The van der Waals surface area contributed by atoms with Crippen LogP contribution in [-0.4, -0.2) is 25.6 Å². The molecule has 0 atom stereocenters. The van der Waals surface area contributed by atoms with Crippen LogP contribution >= 0.6 is 0 Å². The van der Waals surface area contributed by atoms with E-state index in [0.717, 1.165) is 24.3 Å². The van der Waals surface area contributed by atoms with Crippen LogP contribution in [0.1, 0.15) is 26.7 Å². The van der Waals surface area contributed by atoms with Gasteiger partial charge < -0.3 is 4.84 Å². The van der Waals surface area contributed by atoms with E-state index in [1.807, 2.05) is 13.8 Å². The number of hydrogen-bond acceptors (Lipinski definition) is 3. The van der Waals surface area contributed by atoms with Crippen molar-refractivity contribution in [2.75, 3.05) is 14.2 Å². The molecule has 64 valence electrons. The van der Waals surface area contributed by atoms with Crippen LogP contribution < -0.4 is 0 Å². The lowest BCUT2D eigenvalue weighted by Gasteiger charge is -1.98. The van der Waals surface area contributed by atoms with Crippen molar-refractivity contribution in [1.29, 1.82) is 0 Å². The number of hydrogen-bond donors (Lipinski definition) is 0. The molecule has 3 nitrogen and oxygen atoms in total. The Morgan fingerprint density at radius 3 is 2.18 bits per heavy atom.